The van der Waals surface area contributed by atoms with Gasteiger partial charge in [-0.25, -0.2) is 8.78 Å². The third-order valence-electron chi connectivity index (χ3n) is 3.04. The minimum atomic E-state index is -0.872. The Kier molecular flexibility index (Phi) is 3.60. The van der Waals surface area contributed by atoms with Crippen molar-refractivity contribution >= 4 is 11.6 Å². The Morgan fingerprint density at radius 2 is 1.58 bits per heavy atom. The van der Waals surface area contributed by atoms with E-state index >= 15 is 0 Å². The average Bonchev–Trinajstić information content (AvgIpc) is 2.35. The third-order valence-corrected chi connectivity index (χ3v) is 3.04. The fourth-order valence-corrected chi connectivity index (χ4v) is 1.79. The van der Waals surface area contributed by atoms with Crippen molar-refractivity contribution in [1.29, 1.82) is 0 Å². The van der Waals surface area contributed by atoms with Crippen LogP contribution in [0.15, 0.2) is 36.4 Å². The second-order valence-corrected chi connectivity index (χ2v) is 4.30. The number of rotatable bonds is 2. The number of hydrogen-bond donors (Lipinski definition) is 1. The van der Waals surface area contributed by atoms with Crippen LogP contribution in [0.1, 0.15) is 21.5 Å². The molecule has 0 spiro atoms. The molecule has 1 amide bonds. The zero-order valence-corrected chi connectivity index (χ0v) is 10.6. The van der Waals surface area contributed by atoms with Crippen molar-refractivity contribution in [1.82, 2.24) is 0 Å². The molecule has 98 valence electrons. The lowest BCUT2D eigenvalue weighted by Crippen LogP contribution is -2.16. The van der Waals surface area contributed by atoms with E-state index in [9.17, 15) is 13.6 Å². The summed E-state index contributed by atoms with van der Waals surface area (Å²) in [6.45, 7) is 3.73. The van der Waals surface area contributed by atoms with Crippen LogP contribution in [-0.4, -0.2) is 5.91 Å². The van der Waals surface area contributed by atoms with E-state index in [1.54, 1.807) is 12.1 Å². The van der Waals surface area contributed by atoms with Crippen molar-refractivity contribution in [2.75, 3.05) is 5.32 Å². The molecule has 0 fully saturated rings. The molecule has 0 saturated carbocycles. The highest BCUT2D eigenvalue weighted by molar-refractivity contribution is 6.05. The molecule has 2 aromatic rings. The van der Waals surface area contributed by atoms with Gasteiger partial charge in [0.15, 0.2) is 0 Å². The quantitative estimate of drug-likeness (QED) is 0.874. The zero-order chi connectivity index (χ0) is 14.0. The lowest BCUT2D eigenvalue weighted by Gasteiger charge is -2.11. The van der Waals surface area contributed by atoms with Crippen molar-refractivity contribution in [2.24, 2.45) is 0 Å². The average molecular weight is 261 g/mol. The molecule has 1 N–H and O–H groups in total. The second kappa shape index (κ2) is 5.18. The largest absolute Gasteiger partial charge is 0.322 e. The Hall–Kier alpha value is -2.23. The van der Waals surface area contributed by atoms with Crippen LogP contribution in [0.5, 0.6) is 0 Å². The number of nitrogens with one attached hydrogen (secondary N) is 1. The summed E-state index contributed by atoms with van der Waals surface area (Å²) in [5.74, 6) is -2.53. The highest BCUT2D eigenvalue weighted by Crippen LogP contribution is 2.20. The van der Waals surface area contributed by atoms with Gasteiger partial charge in [-0.2, -0.15) is 0 Å². The van der Waals surface area contributed by atoms with Crippen molar-refractivity contribution in [2.45, 2.75) is 13.8 Å². The number of carbonyl (C=O) groups is 1. The molecule has 0 aliphatic heterocycles. The van der Waals surface area contributed by atoms with Gasteiger partial charge in [-0.05, 0) is 43.2 Å². The lowest BCUT2D eigenvalue weighted by atomic mass is 10.1. The van der Waals surface area contributed by atoms with E-state index in [2.05, 4.69) is 5.32 Å². The Morgan fingerprint density at radius 1 is 1.00 bits per heavy atom. The van der Waals surface area contributed by atoms with Gasteiger partial charge >= 0.3 is 0 Å². The summed E-state index contributed by atoms with van der Waals surface area (Å²) in [5.41, 5.74) is 1.84. The van der Waals surface area contributed by atoms with Crippen molar-refractivity contribution in [3.8, 4) is 0 Å². The van der Waals surface area contributed by atoms with E-state index in [0.29, 0.717) is 5.69 Å². The Balaban J connectivity index is 2.34. The summed E-state index contributed by atoms with van der Waals surface area (Å²) >= 11 is 0. The molecule has 0 aliphatic rings. The fraction of sp³-hybridized carbons (Fsp3) is 0.133. The first-order valence-electron chi connectivity index (χ1n) is 5.82. The molecule has 2 rings (SSSR count). The molecule has 19 heavy (non-hydrogen) atoms. The van der Waals surface area contributed by atoms with Crippen LogP contribution in [0.4, 0.5) is 14.5 Å². The van der Waals surface area contributed by atoms with Gasteiger partial charge < -0.3 is 5.32 Å². The molecule has 0 unspecified atom stereocenters. The molecule has 0 aliphatic carbocycles. The molecule has 0 saturated heterocycles. The fourth-order valence-electron chi connectivity index (χ4n) is 1.79. The van der Waals surface area contributed by atoms with Gasteiger partial charge in [-0.15, -0.1) is 0 Å². The van der Waals surface area contributed by atoms with Crippen LogP contribution in [-0.2, 0) is 0 Å². The summed E-state index contributed by atoms with van der Waals surface area (Å²) in [7, 11) is 0. The summed E-state index contributed by atoms with van der Waals surface area (Å²) in [5, 5.41) is 2.53. The summed E-state index contributed by atoms with van der Waals surface area (Å²) in [6, 6.07) is 8.70. The summed E-state index contributed by atoms with van der Waals surface area (Å²) < 4.78 is 27.0. The van der Waals surface area contributed by atoms with Gasteiger partial charge in [0.05, 0.1) is 0 Å². The predicted octanol–water partition coefficient (Wildman–Crippen LogP) is 3.83. The molecule has 2 aromatic carbocycles. The van der Waals surface area contributed by atoms with Crippen LogP contribution < -0.4 is 5.32 Å². The van der Waals surface area contributed by atoms with Gasteiger partial charge in [0, 0.05) is 5.69 Å². The Bertz CT molecular complexity index is 618. The second-order valence-electron chi connectivity index (χ2n) is 4.30. The van der Waals surface area contributed by atoms with Crippen molar-refractivity contribution < 1.29 is 13.6 Å². The smallest absolute Gasteiger partial charge is 0.261 e. The van der Waals surface area contributed by atoms with E-state index in [0.717, 1.165) is 23.3 Å². The first-order valence-corrected chi connectivity index (χ1v) is 5.82. The minimum absolute atomic E-state index is 0.549. The normalized spacial score (nSPS) is 10.3. The Morgan fingerprint density at radius 3 is 2.21 bits per heavy atom. The molecular weight excluding hydrogens is 248 g/mol. The maximum absolute atomic E-state index is 13.5. The van der Waals surface area contributed by atoms with Crippen LogP contribution in [0.2, 0.25) is 0 Å². The topological polar surface area (TPSA) is 29.1 Å². The molecule has 0 heterocycles. The van der Waals surface area contributed by atoms with Crippen LogP contribution in [0.25, 0.3) is 0 Å². The highest BCUT2D eigenvalue weighted by atomic mass is 19.1. The van der Waals surface area contributed by atoms with Crippen LogP contribution in [0, 0.1) is 25.5 Å². The number of halogens is 2. The molecule has 0 bridgehead atoms. The maximum Gasteiger partial charge on any atom is 0.261 e. The van der Waals surface area contributed by atoms with Crippen molar-refractivity contribution in [3.63, 3.8) is 0 Å². The molecule has 0 aromatic heterocycles. The number of anilines is 1. The van der Waals surface area contributed by atoms with E-state index < -0.39 is 23.1 Å². The van der Waals surface area contributed by atoms with Gasteiger partial charge in [-0.1, -0.05) is 18.2 Å². The van der Waals surface area contributed by atoms with E-state index in [4.69, 9.17) is 0 Å². The summed E-state index contributed by atoms with van der Waals surface area (Å²) in [4.78, 5) is 11.9. The van der Waals surface area contributed by atoms with Gasteiger partial charge in [0.25, 0.3) is 5.91 Å². The lowest BCUT2D eigenvalue weighted by molar-refractivity contribution is 0.101. The molecular formula is C15H13F2NO. The van der Waals surface area contributed by atoms with Gasteiger partial charge in [0.2, 0.25) is 0 Å². The van der Waals surface area contributed by atoms with Gasteiger partial charge in [-0.3, -0.25) is 4.79 Å². The first kappa shape index (κ1) is 13.2. The number of hydrogen-bond acceptors (Lipinski definition) is 1. The monoisotopic (exact) mass is 261 g/mol. The standard InChI is InChI=1S/C15H13F2NO/c1-9-5-3-8-13(10(9)2)18-15(19)14-11(16)6-4-7-12(14)17/h3-8H,1-2H3,(H,18,19). The zero-order valence-electron chi connectivity index (χ0n) is 10.6. The number of aryl methyl sites for hydroxylation is 1. The SMILES string of the molecule is Cc1cccc(NC(=O)c2c(F)cccc2F)c1C. The molecule has 0 radical (unpaired) electrons. The maximum atomic E-state index is 13.5. The van der Waals surface area contributed by atoms with E-state index in [1.165, 1.54) is 6.07 Å². The minimum Gasteiger partial charge on any atom is -0.322 e. The number of benzene rings is 2. The number of carbonyl (C=O) groups excluding carboxylic acids is 1. The molecule has 0 atom stereocenters. The van der Waals surface area contributed by atoms with E-state index in [-0.39, 0.29) is 0 Å². The predicted molar refractivity (Wildman–Crippen MR) is 70.2 cm³/mol. The summed E-state index contributed by atoms with van der Waals surface area (Å²) in [6.07, 6.45) is 0. The Labute approximate surface area is 110 Å². The first-order chi connectivity index (χ1) is 9.00. The van der Waals surface area contributed by atoms with E-state index in [1.807, 2.05) is 19.9 Å². The highest BCUT2D eigenvalue weighted by Gasteiger charge is 2.17. The molecule has 2 nitrogen and oxygen atoms in total. The number of amides is 1. The van der Waals surface area contributed by atoms with Crippen LogP contribution in [0.3, 0.4) is 0 Å². The third kappa shape index (κ3) is 2.62. The van der Waals surface area contributed by atoms with Gasteiger partial charge in [0.1, 0.15) is 17.2 Å². The van der Waals surface area contributed by atoms with Crippen molar-refractivity contribution in [3.05, 3.63) is 64.7 Å². The molecule has 4 heteroatoms. The van der Waals surface area contributed by atoms with Crippen LogP contribution >= 0.6 is 0 Å².